The molecule has 2 N–H and O–H groups in total. The van der Waals surface area contributed by atoms with Crippen LogP contribution in [-0.2, 0) is 11.2 Å². The Bertz CT molecular complexity index is 989. The maximum atomic E-state index is 5.55. The lowest BCUT2D eigenvalue weighted by molar-refractivity contribution is 0.303. The first-order valence-corrected chi connectivity index (χ1v) is 10.1. The van der Waals surface area contributed by atoms with Crippen molar-refractivity contribution in [2.75, 3.05) is 7.11 Å². The summed E-state index contributed by atoms with van der Waals surface area (Å²) in [7, 11) is 1.69. The van der Waals surface area contributed by atoms with Crippen molar-refractivity contribution >= 4 is 23.1 Å². The van der Waals surface area contributed by atoms with Gasteiger partial charge >= 0.3 is 0 Å². The van der Waals surface area contributed by atoms with Gasteiger partial charge in [-0.05, 0) is 48.6 Å². The standard InChI is InChI=1S/C22H23N3OS/c1-3-4-7-17-16(22-9-6-11-27-22)12-15(24-17)13-20-21(26-2)14-19(25-20)18-8-5-10-23-18/h5-6,8-14,23-24H,3-4,7H2,1-2H3/b20-13-. The molecule has 0 bridgehead atoms. The molecule has 0 amide bonds. The zero-order chi connectivity index (χ0) is 18.6. The second-order valence-electron chi connectivity index (χ2n) is 6.52. The molecule has 4 nitrogen and oxygen atoms in total. The van der Waals surface area contributed by atoms with Crippen LogP contribution < -0.4 is 0 Å². The van der Waals surface area contributed by atoms with Gasteiger partial charge < -0.3 is 14.7 Å². The minimum absolute atomic E-state index is 0.780. The Morgan fingerprint density at radius 2 is 2.19 bits per heavy atom. The molecule has 1 aliphatic heterocycles. The number of aromatic amines is 2. The van der Waals surface area contributed by atoms with Crippen molar-refractivity contribution in [1.29, 1.82) is 0 Å². The molecule has 0 saturated heterocycles. The number of nitrogens with one attached hydrogen (secondary N) is 2. The number of aliphatic imine (C=N–C) groups is 1. The fourth-order valence-electron chi connectivity index (χ4n) is 3.26. The Hall–Kier alpha value is -2.79. The van der Waals surface area contributed by atoms with E-state index in [1.54, 1.807) is 18.4 Å². The summed E-state index contributed by atoms with van der Waals surface area (Å²) < 4.78 is 5.55. The Labute approximate surface area is 163 Å². The van der Waals surface area contributed by atoms with Crippen LogP contribution in [0.3, 0.4) is 0 Å². The smallest absolute Gasteiger partial charge is 0.146 e. The van der Waals surface area contributed by atoms with Crippen LogP contribution in [0.15, 0.2) is 64.4 Å². The van der Waals surface area contributed by atoms with Crippen LogP contribution in [0.2, 0.25) is 0 Å². The number of rotatable bonds is 7. The molecule has 0 radical (unpaired) electrons. The molecule has 3 aromatic rings. The third kappa shape index (κ3) is 3.69. The summed E-state index contributed by atoms with van der Waals surface area (Å²) in [5.41, 5.74) is 6.35. The largest absolute Gasteiger partial charge is 0.494 e. The van der Waals surface area contributed by atoms with Crippen molar-refractivity contribution in [1.82, 2.24) is 9.97 Å². The predicted molar refractivity (Wildman–Crippen MR) is 113 cm³/mol. The molecule has 5 heteroatoms. The van der Waals surface area contributed by atoms with Crippen LogP contribution in [0, 0.1) is 0 Å². The summed E-state index contributed by atoms with van der Waals surface area (Å²) in [5, 5.41) is 2.12. The first-order chi connectivity index (χ1) is 13.3. The van der Waals surface area contributed by atoms with Crippen molar-refractivity contribution in [2.24, 2.45) is 4.99 Å². The number of ether oxygens (including phenoxy) is 1. The minimum atomic E-state index is 0.780. The molecule has 3 aromatic heterocycles. The molecule has 1 aliphatic rings. The Balaban J connectivity index is 1.70. The molecule has 0 fully saturated rings. The summed E-state index contributed by atoms with van der Waals surface area (Å²) in [6, 6.07) is 10.5. The topological polar surface area (TPSA) is 53.2 Å². The molecule has 0 unspecified atom stereocenters. The zero-order valence-corrected chi connectivity index (χ0v) is 16.4. The zero-order valence-electron chi connectivity index (χ0n) is 15.6. The third-order valence-corrected chi connectivity index (χ3v) is 5.54. The highest BCUT2D eigenvalue weighted by Crippen LogP contribution is 2.32. The van der Waals surface area contributed by atoms with Crippen LogP contribution in [0.1, 0.15) is 36.8 Å². The van der Waals surface area contributed by atoms with E-state index in [1.165, 1.54) is 29.0 Å². The minimum Gasteiger partial charge on any atom is -0.494 e. The summed E-state index contributed by atoms with van der Waals surface area (Å²) >= 11 is 1.77. The number of unbranched alkanes of at least 4 members (excludes halogenated alkanes) is 1. The van der Waals surface area contributed by atoms with Gasteiger partial charge in [0.25, 0.3) is 0 Å². The highest BCUT2D eigenvalue weighted by molar-refractivity contribution is 7.13. The SMILES string of the molecule is CCCCc1[nH]c(/C=C2\N=C(c3ccc[nH]3)C=C2OC)cc1-c1cccs1. The van der Waals surface area contributed by atoms with E-state index < -0.39 is 0 Å². The van der Waals surface area contributed by atoms with Gasteiger partial charge in [0.2, 0.25) is 0 Å². The first kappa shape index (κ1) is 17.6. The molecule has 4 heterocycles. The number of hydrogen-bond donors (Lipinski definition) is 2. The van der Waals surface area contributed by atoms with Gasteiger partial charge in [0.15, 0.2) is 0 Å². The molecule has 138 valence electrons. The second kappa shape index (κ2) is 7.84. The number of nitrogens with zero attached hydrogens (tertiary/aromatic N) is 1. The van der Waals surface area contributed by atoms with Crippen molar-refractivity contribution < 1.29 is 4.74 Å². The molecule has 0 aromatic carbocycles. The second-order valence-corrected chi connectivity index (χ2v) is 7.47. The highest BCUT2D eigenvalue weighted by Gasteiger charge is 2.18. The Morgan fingerprint density at radius 3 is 2.89 bits per heavy atom. The third-order valence-electron chi connectivity index (χ3n) is 4.63. The molecular weight excluding hydrogens is 354 g/mol. The molecular formula is C22H23N3OS. The van der Waals surface area contributed by atoms with Crippen molar-refractivity contribution in [3.63, 3.8) is 0 Å². The highest BCUT2D eigenvalue weighted by atomic mass is 32.1. The van der Waals surface area contributed by atoms with E-state index in [-0.39, 0.29) is 0 Å². The normalized spacial score (nSPS) is 15.3. The van der Waals surface area contributed by atoms with Crippen LogP contribution in [0.25, 0.3) is 16.5 Å². The molecule has 0 saturated carbocycles. The van der Waals surface area contributed by atoms with E-state index >= 15 is 0 Å². The summed E-state index contributed by atoms with van der Waals surface area (Å²) in [4.78, 5) is 12.8. The number of methoxy groups -OCH3 is 1. The average Bonchev–Trinajstić information content (AvgIpc) is 3.46. The van der Waals surface area contributed by atoms with E-state index in [2.05, 4.69) is 46.5 Å². The molecule has 4 rings (SSSR count). The van der Waals surface area contributed by atoms with Crippen LogP contribution in [-0.4, -0.2) is 22.8 Å². The van der Waals surface area contributed by atoms with Gasteiger partial charge in [0, 0.05) is 34.1 Å². The Kier molecular flexibility index (Phi) is 5.12. The number of thiophene rings is 1. The predicted octanol–water partition coefficient (Wildman–Crippen LogP) is 5.79. The number of allylic oxidation sites excluding steroid dienone is 1. The van der Waals surface area contributed by atoms with Gasteiger partial charge in [-0.25, -0.2) is 4.99 Å². The lowest BCUT2D eigenvalue weighted by Crippen LogP contribution is -1.93. The molecule has 0 atom stereocenters. The van der Waals surface area contributed by atoms with E-state index in [0.717, 1.165) is 35.0 Å². The molecule has 0 aliphatic carbocycles. The summed E-state index contributed by atoms with van der Waals surface area (Å²) in [6.45, 7) is 2.22. The van der Waals surface area contributed by atoms with Crippen molar-refractivity contribution in [3.05, 3.63) is 76.5 Å². The van der Waals surface area contributed by atoms with Gasteiger partial charge in [-0.3, -0.25) is 0 Å². The van der Waals surface area contributed by atoms with Gasteiger partial charge in [0.1, 0.15) is 11.5 Å². The lowest BCUT2D eigenvalue weighted by atomic mass is 10.1. The Morgan fingerprint density at radius 1 is 1.26 bits per heavy atom. The van der Waals surface area contributed by atoms with Crippen LogP contribution >= 0.6 is 11.3 Å². The van der Waals surface area contributed by atoms with Crippen molar-refractivity contribution in [3.8, 4) is 10.4 Å². The van der Waals surface area contributed by atoms with Gasteiger partial charge in [-0.2, -0.15) is 0 Å². The first-order valence-electron chi connectivity index (χ1n) is 9.24. The van der Waals surface area contributed by atoms with Gasteiger partial charge in [-0.15, -0.1) is 11.3 Å². The quantitative estimate of drug-likeness (QED) is 0.538. The van der Waals surface area contributed by atoms with Crippen LogP contribution in [0.5, 0.6) is 0 Å². The van der Waals surface area contributed by atoms with E-state index in [1.807, 2.05) is 24.4 Å². The lowest BCUT2D eigenvalue weighted by Gasteiger charge is -2.01. The monoisotopic (exact) mass is 377 g/mol. The van der Waals surface area contributed by atoms with E-state index in [4.69, 9.17) is 9.73 Å². The van der Waals surface area contributed by atoms with Crippen LogP contribution in [0.4, 0.5) is 0 Å². The summed E-state index contributed by atoms with van der Waals surface area (Å²) in [6.07, 6.45) is 9.35. The fourth-order valence-corrected chi connectivity index (χ4v) is 4.03. The summed E-state index contributed by atoms with van der Waals surface area (Å²) in [5.74, 6) is 0.780. The van der Waals surface area contributed by atoms with Gasteiger partial charge in [-0.1, -0.05) is 19.4 Å². The number of aromatic nitrogens is 2. The molecule has 0 spiro atoms. The van der Waals surface area contributed by atoms with E-state index in [0.29, 0.717) is 0 Å². The maximum Gasteiger partial charge on any atom is 0.146 e. The maximum absolute atomic E-state index is 5.55. The average molecular weight is 378 g/mol. The number of H-pyrrole nitrogens is 2. The van der Waals surface area contributed by atoms with Crippen molar-refractivity contribution in [2.45, 2.75) is 26.2 Å². The number of aryl methyl sites for hydroxylation is 1. The van der Waals surface area contributed by atoms with Gasteiger partial charge in [0.05, 0.1) is 18.5 Å². The number of hydrogen-bond acceptors (Lipinski definition) is 3. The fraction of sp³-hybridized carbons (Fsp3) is 0.227. The molecule has 27 heavy (non-hydrogen) atoms. The van der Waals surface area contributed by atoms with E-state index in [9.17, 15) is 0 Å².